The van der Waals surface area contributed by atoms with E-state index in [0.29, 0.717) is 29.5 Å². The van der Waals surface area contributed by atoms with E-state index in [1.54, 1.807) is 50.3 Å². The molecule has 0 saturated heterocycles. The lowest BCUT2D eigenvalue weighted by Gasteiger charge is -2.11. The summed E-state index contributed by atoms with van der Waals surface area (Å²) in [5, 5.41) is -0.635. The fraction of sp³-hybridized carbons (Fsp3) is 0.296. The Morgan fingerprint density at radius 3 is 1.49 bits per heavy atom. The Labute approximate surface area is 235 Å². The number of benzene rings is 2. The Hall–Kier alpha value is -3.28. The van der Waals surface area contributed by atoms with Gasteiger partial charge >= 0.3 is 0 Å². The first-order chi connectivity index (χ1) is 18.0. The quantitative estimate of drug-likeness (QED) is 0.260. The Morgan fingerprint density at radius 2 is 1.18 bits per heavy atom. The van der Waals surface area contributed by atoms with Gasteiger partial charge in [-0.25, -0.2) is 16.8 Å². The molecular weight excluding hydrogens is 562 g/mol. The molecule has 0 radical (unpaired) electrons. The van der Waals surface area contributed by atoms with Crippen molar-refractivity contribution in [3.8, 4) is 0 Å². The van der Waals surface area contributed by atoms with Crippen LogP contribution in [0.3, 0.4) is 0 Å². The highest BCUT2D eigenvalue weighted by molar-refractivity contribution is 7.91. The van der Waals surface area contributed by atoms with E-state index in [0.717, 1.165) is 18.1 Å². The number of nitrogens with two attached hydrogens (primary N) is 2. The number of allylic oxidation sites excluding steroid dienone is 2. The van der Waals surface area contributed by atoms with Crippen LogP contribution in [0.25, 0.3) is 12.2 Å². The summed E-state index contributed by atoms with van der Waals surface area (Å²) in [6, 6.07) is 6.06. The highest BCUT2D eigenvalue weighted by atomic mass is 35.5. The van der Waals surface area contributed by atoms with Gasteiger partial charge in [0.1, 0.15) is 0 Å². The number of hydrogen-bond donors (Lipinski definition) is 2. The molecule has 0 fully saturated rings. The van der Waals surface area contributed by atoms with Crippen molar-refractivity contribution in [2.75, 3.05) is 12.5 Å². The average molecular weight is 596 g/mol. The van der Waals surface area contributed by atoms with Crippen LogP contribution >= 0.6 is 11.6 Å². The number of halogens is 1. The van der Waals surface area contributed by atoms with Crippen LogP contribution in [0.2, 0.25) is 0 Å². The molecule has 0 aromatic heterocycles. The fourth-order valence-electron chi connectivity index (χ4n) is 3.69. The molecule has 0 spiro atoms. The standard InChI is InChI=1S/C14H19N3O3S.C13H15ClO3S/c1-4-6-10-7-9(5-2)11(13(18)17-14(15)16)8-12(10)21(3,19)20;1-4-6-10-7-9(5-2)11(13(14)15)8-12(10)18(3,16)17/h4,6-8H,5H2,1-3H3,(H4,15,16,17,18);4,6-8H,5H2,1-3H3. The Balaban J connectivity index is 0.000000395. The number of carbonyl (C=O) groups is 2. The van der Waals surface area contributed by atoms with E-state index in [9.17, 15) is 26.4 Å². The van der Waals surface area contributed by atoms with Crippen molar-refractivity contribution in [2.24, 2.45) is 16.5 Å². The summed E-state index contributed by atoms with van der Waals surface area (Å²) in [5.74, 6) is -1.01. The van der Waals surface area contributed by atoms with Gasteiger partial charge in [-0.3, -0.25) is 9.59 Å². The molecule has 2 aromatic rings. The first kappa shape index (κ1) is 33.7. The molecule has 39 heavy (non-hydrogen) atoms. The predicted molar refractivity (Wildman–Crippen MR) is 158 cm³/mol. The lowest BCUT2D eigenvalue weighted by Crippen LogP contribution is -2.24. The molecule has 0 aliphatic carbocycles. The third-order valence-corrected chi connectivity index (χ3v) is 7.91. The van der Waals surface area contributed by atoms with Crippen LogP contribution in [0.5, 0.6) is 0 Å². The molecule has 2 rings (SSSR count). The minimum absolute atomic E-state index is 0.0759. The maximum Gasteiger partial charge on any atom is 0.280 e. The molecule has 0 aliphatic heterocycles. The number of amides is 1. The van der Waals surface area contributed by atoms with Crippen molar-refractivity contribution < 1.29 is 26.4 Å². The molecule has 9 nitrogen and oxygen atoms in total. The van der Waals surface area contributed by atoms with Crippen LogP contribution in [-0.4, -0.2) is 46.5 Å². The third-order valence-electron chi connectivity index (χ3n) is 5.40. The second-order valence-electron chi connectivity index (χ2n) is 8.46. The first-order valence-corrected chi connectivity index (χ1v) is 16.0. The zero-order valence-electron chi connectivity index (χ0n) is 22.8. The van der Waals surface area contributed by atoms with Gasteiger partial charge in [0.05, 0.1) is 9.79 Å². The number of hydrogen-bond acceptors (Lipinski definition) is 6. The van der Waals surface area contributed by atoms with E-state index < -0.39 is 30.8 Å². The number of aliphatic imine (C=N–C) groups is 1. The largest absolute Gasteiger partial charge is 0.370 e. The summed E-state index contributed by atoms with van der Waals surface area (Å²) in [7, 11) is -6.88. The summed E-state index contributed by atoms with van der Waals surface area (Å²) in [6.45, 7) is 7.34. The number of aryl methyl sites for hydroxylation is 2. The number of nitrogens with zero attached hydrogens (tertiary/aromatic N) is 1. The zero-order valence-corrected chi connectivity index (χ0v) is 25.2. The molecule has 212 valence electrons. The topological polar surface area (TPSA) is 167 Å². The van der Waals surface area contributed by atoms with E-state index in [4.69, 9.17) is 23.1 Å². The molecular formula is C27H34ClN3O6S2. The molecule has 0 atom stereocenters. The molecule has 0 unspecified atom stereocenters. The zero-order chi connectivity index (χ0) is 30.1. The summed E-state index contributed by atoms with van der Waals surface area (Å²) in [4.78, 5) is 27.0. The van der Waals surface area contributed by atoms with Crippen LogP contribution < -0.4 is 11.5 Å². The van der Waals surface area contributed by atoms with Crippen LogP contribution in [0.4, 0.5) is 0 Å². The molecule has 4 N–H and O–H groups in total. The SMILES string of the molecule is CC=Cc1cc(CC)c(C(=O)Cl)cc1S(C)(=O)=O.CC=Cc1cc(CC)c(C(=O)N=C(N)N)cc1S(C)(=O)=O. The summed E-state index contributed by atoms with van der Waals surface area (Å²) in [6.07, 6.45) is 10.3. The van der Waals surface area contributed by atoms with Gasteiger partial charge in [-0.1, -0.05) is 38.2 Å². The molecule has 12 heteroatoms. The predicted octanol–water partition coefficient (Wildman–Crippen LogP) is 4.16. The van der Waals surface area contributed by atoms with Gasteiger partial charge in [-0.15, -0.1) is 0 Å². The number of rotatable bonds is 8. The Kier molecular flexibility index (Phi) is 12.3. The monoisotopic (exact) mass is 595 g/mol. The van der Waals surface area contributed by atoms with Crippen LogP contribution in [0.1, 0.15) is 70.7 Å². The van der Waals surface area contributed by atoms with Crippen LogP contribution in [-0.2, 0) is 32.5 Å². The smallest absolute Gasteiger partial charge is 0.280 e. The van der Waals surface area contributed by atoms with Crippen molar-refractivity contribution >= 4 is 60.5 Å². The minimum Gasteiger partial charge on any atom is -0.370 e. The average Bonchev–Trinajstić information content (AvgIpc) is 2.82. The normalized spacial score (nSPS) is 11.8. The second kappa shape index (κ2) is 14.2. The van der Waals surface area contributed by atoms with Gasteiger partial charge in [-0.05, 0) is 84.8 Å². The molecule has 0 heterocycles. The van der Waals surface area contributed by atoms with Gasteiger partial charge in [-0.2, -0.15) is 4.99 Å². The highest BCUT2D eigenvalue weighted by Crippen LogP contribution is 2.25. The van der Waals surface area contributed by atoms with E-state index in [1.807, 2.05) is 13.8 Å². The summed E-state index contributed by atoms with van der Waals surface area (Å²) < 4.78 is 47.2. The van der Waals surface area contributed by atoms with Gasteiger partial charge in [0, 0.05) is 23.6 Å². The maximum absolute atomic E-state index is 12.0. The lowest BCUT2D eigenvalue weighted by atomic mass is 10.0. The minimum atomic E-state index is -3.48. The van der Waals surface area contributed by atoms with Crippen LogP contribution in [0.15, 0.2) is 51.2 Å². The summed E-state index contributed by atoms with van der Waals surface area (Å²) >= 11 is 5.49. The van der Waals surface area contributed by atoms with Gasteiger partial charge in [0.2, 0.25) is 0 Å². The first-order valence-electron chi connectivity index (χ1n) is 11.8. The second-order valence-corrected chi connectivity index (χ2v) is 12.8. The summed E-state index contributed by atoms with van der Waals surface area (Å²) in [5.41, 5.74) is 13.4. The van der Waals surface area contributed by atoms with Crippen LogP contribution in [0, 0.1) is 0 Å². The number of guanidine groups is 1. The van der Waals surface area contributed by atoms with Crippen molar-refractivity contribution in [1.29, 1.82) is 0 Å². The van der Waals surface area contributed by atoms with Crippen molar-refractivity contribution in [1.82, 2.24) is 0 Å². The van der Waals surface area contributed by atoms with Crippen molar-refractivity contribution in [3.05, 3.63) is 69.8 Å². The van der Waals surface area contributed by atoms with Crippen molar-refractivity contribution in [2.45, 2.75) is 50.3 Å². The van der Waals surface area contributed by atoms with Gasteiger partial charge in [0.25, 0.3) is 11.1 Å². The molecule has 0 bridgehead atoms. The molecule has 0 aliphatic rings. The molecule has 2 aromatic carbocycles. The van der Waals surface area contributed by atoms with E-state index in [-0.39, 0.29) is 26.9 Å². The van der Waals surface area contributed by atoms with E-state index in [1.165, 1.54) is 12.1 Å². The van der Waals surface area contributed by atoms with Gasteiger partial charge in [0.15, 0.2) is 25.6 Å². The fourth-order valence-corrected chi connectivity index (χ4v) is 5.64. The van der Waals surface area contributed by atoms with Crippen molar-refractivity contribution in [3.63, 3.8) is 0 Å². The van der Waals surface area contributed by atoms with E-state index >= 15 is 0 Å². The maximum atomic E-state index is 12.0. The Morgan fingerprint density at radius 1 is 0.795 bits per heavy atom. The highest BCUT2D eigenvalue weighted by Gasteiger charge is 2.20. The lowest BCUT2D eigenvalue weighted by molar-refractivity contribution is 0.100. The third kappa shape index (κ3) is 9.45. The number of carbonyl (C=O) groups excluding carboxylic acids is 2. The molecule has 1 amide bonds. The molecule has 0 saturated carbocycles. The Bertz CT molecular complexity index is 1550. The van der Waals surface area contributed by atoms with E-state index in [2.05, 4.69) is 4.99 Å². The van der Waals surface area contributed by atoms with Gasteiger partial charge < -0.3 is 11.5 Å². The number of sulfone groups is 2.